The van der Waals surface area contributed by atoms with Gasteiger partial charge in [-0.05, 0) is 19.8 Å². The molecule has 86 valence electrons. The lowest BCUT2D eigenvalue weighted by atomic mass is 10.0. The summed E-state index contributed by atoms with van der Waals surface area (Å²) >= 11 is 0. The fourth-order valence-electron chi connectivity index (χ4n) is 1.15. The quantitative estimate of drug-likeness (QED) is 0.626. The van der Waals surface area contributed by atoms with Crippen molar-refractivity contribution in [3.05, 3.63) is 0 Å². The molecule has 2 N–H and O–H groups in total. The van der Waals surface area contributed by atoms with Crippen LogP contribution in [0.3, 0.4) is 0 Å². The molecule has 0 aliphatic carbocycles. The fraction of sp³-hybridized carbons (Fsp3) is 1.00. The van der Waals surface area contributed by atoms with Crippen molar-refractivity contribution in [2.75, 3.05) is 19.8 Å². The van der Waals surface area contributed by atoms with E-state index < -0.39 is 0 Å². The van der Waals surface area contributed by atoms with Crippen LogP contribution in [-0.4, -0.2) is 37.0 Å². The Bertz CT molecular complexity index is 130. The summed E-state index contributed by atoms with van der Waals surface area (Å²) < 4.78 is 5.27. The van der Waals surface area contributed by atoms with Crippen molar-refractivity contribution < 1.29 is 9.84 Å². The number of rotatable bonds is 8. The molecule has 0 aliphatic rings. The molecule has 3 unspecified atom stereocenters. The van der Waals surface area contributed by atoms with Gasteiger partial charge in [0.25, 0.3) is 0 Å². The minimum atomic E-state index is -0.246. The molecule has 0 spiro atoms. The average molecular weight is 203 g/mol. The zero-order valence-corrected chi connectivity index (χ0v) is 9.92. The monoisotopic (exact) mass is 203 g/mol. The maximum absolute atomic E-state index is 9.69. The molecule has 0 radical (unpaired) electrons. The van der Waals surface area contributed by atoms with Gasteiger partial charge < -0.3 is 15.2 Å². The molecule has 0 saturated carbocycles. The SMILES string of the molecule is CCOCC(C)NCC(O)C(C)CC. The minimum Gasteiger partial charge on any atom is -0.392 e. The first-order valence-corrected chi connectivity index (χ1v) is 5.60. The van der Waals surface area contributed by atoms with Crippen molar-refractivity contribution in [2.24, 2.45) is 5.92 Å². The van der Waals surface area contributed by atoms with Crippen LogP contribution >= 0.6 is 0 Å². The number of nitrogens with one attached hydrogen (secondary N) is 1. The smallest absolute Gasteiger partial charge is 0.0690 e. The highest BCUT2D eigenvalue weighted by molar-refractivity contribution is 4.68. The predicted molar refractivity (Wildman–Crippen MR) is 59.4 cm³/mol. The normalized spacial score (nSPS) is 17.8. The molecule has 3 atom stereocenters. The van der Waals surface area contributed by atoms with E-state index in [2.05, 4.69) is 26.1 Å². The topological polar surface area (TPSA) is 41.5 Å². The highest BCUT2D eigenvalue weighted by Gasteiger charge is 2.12. The Hall–Kier alpha value is -0.120. The van der Waals surface area contributed by atoms with Gasteiger partial charge in [-0.1, -0.05) is 20.3 Å². The van der Waals surface area contributed by atoms with Crippen molar-refractivity contribution in [1.82, 2.24) is 5.32 Å². The molecule has 0 rings (SSSR count). The molecule has 0 aromatic heterocycles. The van der Waals surface area contributed by atoms with Crippen molar-refractivity contribution in [3.8, 4) is 0 Å². The number of ether oxygens (including phenoxy) is 1. The summed E-state index contributed by atoms with van der Waals surface area (Å²) in [5.41, 5.74) is 0. The number of hydrogen-bond donors (Lipinski definition) is 2. The highest BCUT2D eigenvalue weighted by Crippen LogP contribution is 2.06. The van der Waals surface area contributed by atoms with E-state index in [-0.39, 0.29) is 6.10 Å². The summed E-state index contributed by atoms with van der Waals surface area (Å²) in [6.45, 7) is 10.3. The summed E-state index contributed by atoms with van der Waals surface area (Å²) in [6, 6.07) is 0.314. The van der Waals surface area contributed by atoms with E-state index in [4.69, 9.17) is 4.74 Å². The molecule has 0 bridgehead atoms. The second-order valence-electron chi connectivity index (χ2n) is 3.92. The van der Waals surface area contributed by atoms with Crippen LogP contribution < -0.4 is 5.32 Å². The summed E-state index contributed by atoms with van der Waals surface area (Å²) in [4.78, 5) is 0. The van der Waals surface area contributed by atoms with E-state index in [1.165, 1.54) is 0 Å². The highest BCUT2D eigenvalue weighted by atomic mass is 16.5. The number of hydrogen-bond acceptors (Lipinski definition) is 3. The molecular weight excluding hydrogens is 178 g/mol. The van der Waals surface area contributed by atoms with Gasteiger partial charge in [-0.2, -0.15) is 0 Å². The van der Waals surface area contributed by atoms with Gasteiger partial charge in [-0.15, -0.1) is 0 Å². The van der Waals surface area contributed by atoms with Gasteiger partial charge in [-0.25, -0.2) is 0 Å². The lowest BCUT2D eigenvalue weighted by Crippen LogP contribution is -2.38. The third kappa shape index (κ3) is 6.35. The largest absolute Gasteiger partial charge is 0.392 e. The third-order valence-corrected chi connectivity index (χ3v) is 2.55. The average Bonchev–Trinajstić information content (AvgIpc) is 2.21. The summed E-state index contributed by atoms with van der Waals surface area (Å²) in [6.07, 6.45) is 0.770. The van der Waals surface area contributed by atoms with Crippen LogP contribution in [0.25, 0.3) is 0 Å². The molecule has 3 nitrogen and oxygen atoms in total. The van der Waals surface area contributed by atoms with E-state index in [1.54, 1.807) is 0 Å². The van der Waals surface area contributed by atoms with Crippen LogP contribution in [0.1, 0.15) is 34.1 Å². The Labute approximate surface area is 87.8 Å². The lowest BCUT2D eigenvalue weighted by molar-refractivity contribution is 0.0932. The maximum atomic E-state index is 9.69. The summed E-state index contributed by atoms with van der Waals surface area (Å²) in [5.74, 6) is 0.363. The van der Waals surface area contributed by atoms with Gasteiger partial charge in [-0.3, -0.25) is 0 Å². The Balaban J connectivity index is 3.50. The Morgan fingerprint density at radius 2 is 1.93 bits per heavy atom. The lowest BCUT2D eigenvalue weighted by Gasteiger charge is -2.20. The zero-order chi connectivity index (χ0) is 11.0. The van der Waals surface area contributed by atoms with Gasteiger partial charge in [0.1, 0.15) is 0 Å². The molecule has 3 heteroatoms. The zero-order valence-electron chi connectivity index (χ0n) is 9.92. The minimum absolute atomic E-state index is 0.246. The van der Waals surface area contributed by atoms with Gasteiger partial charge in [0.15, 0.2) is 0 Å². The second kappa shape index (κ2) is 8.21. The van der Waals surface area contributed by atoms with Crippen molar-refractivity contribution >= 4 is 0 Å². The molecule has 14 heavy (non-hydrogen) atoms. The van der Waals surface area contributed by atoms with Gasteiger partial charge >= 0.3 is 0 Å². The molecule has 0 aliphatic heterocycles. The van der Waals surface area contributed by atoms with E-state index in [0.717, 1.165) is 13.0 Å². The van der Waals surface area contributed by atoms with Crippen LogP contribution in [0.5, 0.6) is 0 Å². The first-order chi connectivity index (χ1) is 6.61. The summed E-state index contributed by atoms with van der Waals surface area (Å²) in [7, 11) is 0. The van der Waals surface area contributed by atoms with Crippen molar-refractivity contribution in [2.45, 2.75) is 46.3 Å². The van der Waals surface area contributed by atoms with Crippen molar-refractivity contribution in [3.63, 3.8) is 0 Å². The van der Waals surface area contributed by atoms with Gasteiger partial charge in [0.05, 0.1) is 12.7 Å². The predicted octanol–water partition coefficient (Wildman–Crippen LogP) is 1.41. The van der Waals surface area contributed by atoms with Crippen LogP contribution in [0, 0.1) is 5.92 Å². The molecule has 0 heterocycles. The van der Waals surface area contributed by atoms with Crippen LogP contribution in [0.15, 0.2) is 0 Å². The number of aliphatic hydroxyl groups excluding tert-OH is 1. The van der Waals surface area contributed by atoms with E-state index in [1.807, 2.05) is 6.92 Å². The Kier molecular flexibility index (Phi) is 8.14. The van der Waals surface area contributed by atoms with Crippen LogP contribution in [-0.2, 0) is 4.74 Å². The van der Waals surface area contributed by atoms with Gasteiger partial charge in [0, 0.05) is 19.2 Å². The maximum Gasteiger partial charge on any atom is 0.0690 e. The van der Waals surface area contributed by atoms with Gasteiger partial charge in [0.2, 0.25) is 0 Å². The van der Waals surface area contributed by atoms with E-state index in [9.17, 15) is 5.11 Å². The fourth-order valence-corrected chi connectivity index (χ4v) is 1.15. The molecule has 0 fully saturated rings. The second-order valence-corrected chi connectivity index (χ2v) is 3.92. The van der Waals surface area contributed by atoms with Crippen LogP contribution in [0.4, 0.5) is 0 Å². The summed E-state index contributed by atoms with van der Waals surface area (Å²) in [5, 5.41) is 12.9. The number of aliphatic hydroxyl groups is 1. The Morgan fingerprint density at radius 3 is 2.43 bits per heavy atom. The van der Waals surface area contributed by atoms with E-state index in [0.29, 0.717) is 25.1 Å². The molecule has 0 saturated heterocycles. The molecule has 0 aromatic carbocycles. The molecule has 0 amide bonds. The van der Waals surface area contributed by atoms with Crippen molar-refractivity contribution in [1.29, 1.82) is 0 Å². The molecular formula is C11H25NO2. The van der Waals surface area contributed by atoms with Crippen LogP contribution in [0.2, 0.25) is 0 Å². The first kappa shape index (κ1) is 13.9. The first-order valence-electron chi connectivity index (χ1n) is 5.60. The molecule has 0 aromatic rings. The standard InChI is InChI=1S/C11H25NO2/c1-5-9(3)11(13)7-12-10(4)8-14-6-2/h9-13H,5-8H2,1-4H3. The van der Waals surface area contributed by atoms with E-state index >= 15 is 0 Å². The third-order valence-electron chi connectivity index (χ3n) is 2.55. The Morgan fingerprint density at radius 1 is 1.29 bits per heavy atom.